The van der Waals surface area contributed by atoms with Gasteiger partial charge in [0.05, 0.1) is 0 Å². The minimum absolute atomic E-state index is 0.223. The van der Waals surface area contributed by atoms with Gasteiger partial charge in [0.25, 0.3) is 0 Å². The van der Waals surface area contributed by atoms with Crippen LogP contribution in [-0.4, -0.2) is 0 Å². The second-order valence-electron chi connectivity index (χ2n) is 4.00. The summed E-state index contributed by atoms with van der Waals surface area (Å²) in [4.78, 5) is 0. The summed E-state index contributed by atoms with van der Waals surface area (Å²) in [5.74, 6) is 0.518. The van der Waals surface area contributed by atoms with Crippen molar-refractivity contribution >= 4 is 0 Å². The van der Waals surface area contributed by atoms with Gasteiger partial charge < -0.3 is 10.5 Å². The maximum atomic E-state index is 13.8. The first kappa shape index (κ1) is 12.6. The number of rotatable bonds is 4. The zero-order chi connectivity index (χ0) is 13.0. The van der Waals surface area contributed by atoms with E-state index >= 15 is 0 Å². The first-order chi connectivity index (χ1) is 8.76. The molecule has 0 amide bonds. The molecule has 0 unspecified atom stereocenters. The van der Waals surface area contributed by atoms with Crippen molar-refractivity contribution in [3.8, 4) is 11.5 Å². The number of para-hydroxylation sites is 2. The second-order valence-corrected chi connectivity index (χ2v) is 4.00. The van der Waals surface area contributed by atoms with E-state index in [2.05, 4.69) is 0 Å². The van der Waals surface area contributed by atoms with E-state index in [4.69, 9.17) is 10.5 Å². The van der Waals surface area contributed by atoms with E-state index in [0.29, 0.717) is 11.3 Å². The molecular weight excluding hydrogens is 229 g/mol. The minimum Gasteiger partial charge on any atom is -0.454 e. The Morgan fingerprint density at radius 2 is 1.78 bits per heavy atom. The maximum absolute atomic E-state index is 13.8. The lowest BCUT2D eigenvalue weighted by Gasteiger charge is -2.13. The largest absolute Gasteiger partial charge is 0.454 e. The van der Waals surface area contributed by atoms with Crippen LogP contribution in [0.2, 0.25) is 0 Å². The van der Waals surface area contributed by atoms with E-state index in [1.54, 1.807) is 12.1 Å². The Morgan fingerprint density at radius 3 is 2.50 bits per heavy atom. The molecule has 0 heterocycles. The average molecular weight is 245 g/mol. The van der Waals surface area contributed by atoms with Crippen molar-refractivity contribution in [3.05, 3.63) is 59.4 Å². The van der Waals surface area contributed by atoms with E-state index in [0.717, 1.165) is 12.0 Å². The molecule has 2 N–H and O–H groups in total. The van der Waals surface area contributed by atoms with E-state index in [-0.39, 0.29) is 18.1 Å². The molecule has 18 heavy (non-hydrogen) atoms. The summed E-state index contributed by atoms with van der Waals surface area (Å²) in [6.45, 7) is 2.29. The van der Waals surface area contributed by atoms with Crippen molar-refractivity contribution in [2.24, 2.45) is 5.73 Å². The smallest absolute Gasteiger partial charge is 0.167 e. The van der Waals surface area contributed by atoms with Gasteiger partial charge in [0.15, 0.2) is 11.6 Å². The number of ether oxygens (including phenoxy) is 1. The van der Waals surface area contributed by atoms with Crippen molar-refractivity contribution < 1.29 is 9.13 Å². The van der Waals surface area contributed by atoms with Crippen molar-refractivity contribution in [2.45, 2.75) is 19.9 Å². The molecule has 2 rings (SSSR count). The average Bonchev–Trinajstić information content (AvgIpc) is 2.41. The van der Waals surface area contributed by atoms with Crippen LogP contribution in [0.5, 0.6) is 11.5 Å². The molecule has 0 radical (unpaired) electrons. The molecule has 0 bridgehead atoms. The van der Waals surface area contributed by atoms with Crippen LogP contribution in [0.1, 0.15) is 18.1 Å². The third-order valence-electron chi connectivity index (χ3n) is 2.83. The first-order valence-electron chi connectivity index (χ1n) is 5.99. The van der Waals surface area contributed by atoms with Crippen molar-refractivity contribution in [2.75, 3.05) is 0 Å². The highest BCUT2D eigenvalue weighted by atomic mass is 19.1. The zero-order valence-electron chi connectivity index (χ0n) is 10.3. The van der Waals surface area contributed by atoms with Crippen LogP contribution in [0.25, 0.3) is 0 Å². The molecule has 3 heteroatoms. The molecule has 0 fully saturated rings. The van der Waals surface area contributed by atoms with Crippen LogP contribution in [-0.2, 0) is 13.0 Å². The topological polar surface area (TPSA) is 35.2 Å². The first-order valence-corrected chi connectivity index (χ1v) is 5.99. The van der Waals surface area contributed by atoms with Gasteiger partial charge in [0.2, 0.25) is 0 Å². The third-order valence-corrected chi connectivity index (χ3v) is 2.83. The van der Waals surface area contributed by atoms with Gasteiger partial charge in [-0.1, -0.05) is 37.3 Å². The summed E-state index contributed by atoms with van der Waals surface area (Å²) < 4.78 is 19.5. The number of halogens is 1. The molecule has 0 saturated heterocycles. The van der Waals surface area contributed by atoms with Gasteiger partial charge in [-0.3, -0.25) is 0 Å². The standard InChI is InChI=1S/C15H16FNO/c1-2-11-6-3-4-9-14(11)18-15-12(10-17)7-5-8-13(15)16/h3-9H,2,10,17H2,1H3. The summed E-state index contributed by atoms with van der Waals surface area (Å²) in [5, 5.41) is 0. The molecule has 0 saturated carbocycles. The fourth-order valence-electron chi connectivity index (χ4n) is 1.83. The number of nitrogens with two attached hydrogens (primary N) is 1. The van der Waals surface area contributed by atoms with Crippen LogP contribution >= 0.6 is 0 Å². The normalized spacial score (nSPS) is 10.4. The third kappa shape index (κ3) is 2.51. The summed E-state index contributed by atoms with van der Waals surface area (Å²) in [6.07, 6.45) is 0.836. The molecule has 0 aliphatic rings. The Kier molecular flexibility index (Phi) is 3.95. The summed E-state index contributed by atoms with van der Waals surface area (Å²) in [6, 6.07) is 12.4. The molecule has 0 aromatic heterocycles. The van der Waals surface area contributed by atoms with Gasteiger partial charge in [-0.25, -0.2) is 4.39 Å². The van der Waals surface area contributed by atoms with E-state index in [1.807, 2.05) is 31.2 Å². The van der Waals surface area contributed by atoms with Crippen LogP contribution in [0.15, 0.2) is 42.5 Å². The minimum atomic E-state index is -0.385. The van der Waals surface area contributed by atoms with E-state index < -0.39 is 0 Å². The lowest BCUT2D eigenvalue weighted by molar-refractivity contribution is 0.432. The molecule has 0 spiro atoms. The van der Waals surface area contributed by atoms with Crippen LogP contribution in [0.4, 0.5) is 4.39 Å². The summed E-state index contributed by atoms with van der Waals surface area (Å²) in [7, 11) is 0. The fraction of sp³-hybridized carbons (Fsp3) is 0.200. The van der Waals surface area contributed by atoms with Crippen LogP contribution < -0.4 is 10.5 Å². The maximum Gasteiger partial charge on any atom is 0.167 e. The predicted octanol–water partition coefficient (Wildman–Crippen LogP) is 3.64. The van der Waals surface area contributed by atoms with E-state index in [1.165, 1.54) is 6.07 Å². The number of benzene rings is 2. The highest BCUT2D eigenvalue weighted by molar-refractivity contribution is 5.42. The van der Waals surface area contributed by atoms with Crippen molar-refractivity contribution in [3.63, 3.8) is 0 Å². The fourth-order valence-corrected chi connectivity index (χ4v) is 1.83. The molecule has 2 aromatic carbocycles. The Bertz CT molecular complexity index is 540. The molecule has 94 valence electrons. The highest BCUT2D eigenvalue weighted by Crippen LogP contribution is 2.30. The van der Waals surface area contributed by atoms with Gasteiger partial charge in [0.1, 0.15) is 5.75 Å². The Labute approximate surface area is 106 Å². The van der Waals surface area contributed by atoms with Gasteiger partial charge in [-0.05, 0) is 24.1 Å². The molecule has 2 nitrogen and oxygen atoms in total. The van der Waals surface area contributed by atoms with Gasteiger partial charge in [-0.15, -0.1) is 0 Å². The number of hydrogen-bond acceptors (Lipinski definition) is 2. The Balaban J connectivity index is 2.39. The summed E-state index contributed by atoms with van der Waals surface area (Å²) >= 11 is 0. The molecular formula is C15H16FNO. The SMILES string of the molecule is CCc1ccccc1Oc1c(F)cccc1CN. The quantitative estimate of drug-likeness (QED) is 0.892. The van der Waals surface area contributed by atoms with Crippen LogP contribution in [0, 0.1) is 5.82 Å². The molecule has 0 atom stereocenters. The zero-order valence-corrected chi connectivity index (χ0v) is 10.3. The molecule has 0 aliphatic carbocycles. The van der Waals surface area contributed by atoms with Gasteiger partial charge in [0, 0.05) is 12.1 Å². The van der Waals surface area contributed by atoms with E-state index in [9.17, 15) is 4.39 Å². The van der Waals surface area contributed by atoms with Gasteiger partial charge in [-0.2, -0.15) is 0 Å². The van der Waals surface area contributed by atoms with Gasteiger partial charge >= 0.3 is 0 Å². The Morgan fingerprint density at radius 1 is 1.06 bits per heavy atom. The lowest BCUT2D eigenvalue weighted by Crippen LogP contribution is -2.02. The number of hydrogen-bond donors (Lipinski definition) is 1. The van der Waals surface area contributed by atoms with Crippen molar-refractivity contribution in [1.82, 2.24) is 0 Å². The number of aryl methyl sites for hydroxylation is 1. The molecule has 0 aliphatic heterocycles. The lowest BCUT2D eigenvalue weighted by atomic mass is 10.1. The molecule has 2 aromatic rings. The summed E-state index contributed by atoms with van der Waals surface area (Å²) in [5.41, 5.74) is 7.31. The van der Waals surface area contributed by atoms with Crippen LogP contribution in [0.3, 0.4) is 0 Å². The second kappa shape index (κ2) is 5.65. The highest BCUT2D eigenvalue weighted by Gasteiger charge is 2.11. The monoisotopic (exact) mass is 245 g/mol. The van der Waals surface area contributed by atoms with Crippen molar-refractivity contribution in [1.29, 1.82) is 0 Å². The predicted molar refractivity (Wildman–Crippen MR) is 70.2 cm³/mol. The Hall–Kier alpha value is -1.87.